The van der Waals surface area contributed by atoms with Crippen LogP contribution in [-0.2, 0) is 28.5 Å². The molecule has 176 valence electrons. The van der Waals surface area contributed by atoms with E-state index in [2.05, 4.69) is 22.8 Å². The predicted octanol–water partition coefficient (Wildman–Crippen LogP) is 6.44. The number of alkyl halides is 3. The van der Waals surface area contributed by atoms with Gasteiger partial charge in [-0.1, -0.05) is 36.4 Å². The Hall–Kier alpha value is -3.81. The Morgan fingerprint density at radius 2 is 1.59 bits per heavy atom. The van der Waals surface area contributed by atoms with Gasteiger partial charge in [0, 0.05) is 24.7 Å². The van der Waals surface area contributed by atoms with E-state index < -0.39 is 17.8 Å². The van der Waals surface area contributed by atoms with E-state index in [1.807, 2.05) is 18.2 Å². The number of urea groups is 1. The number of carbonyl (C=O) groups excluding carboxylic acids is 2. The molecule has 4 rings (SSSR count). The van der Waals surface area contributed by atoms with E-state index in [0.717, 1.165) is 36.1 Å². The Morgan fingerprint density at radius 3 is 2.29 bits per heavy atom. The maximum atomic E-state index is 12.8. The second-order valence-corrected chi connectivity index (χ2v) is 8.19. The summed E-state index contributed by atoms with van der Waals surface area (Å²) in [6.07, 6.45) is -2.23. The molecule has 1 aliphatic rings. The molecule has 0 aliphatic heterocycles. The van der Waals surface area contributed by atoms with Crippen LogP contribution in [0.15, 0.2) is 66.7 Å². The Kier molecular flexibility index (Phi) is 6.58. The molecular formula is C26H23F3N2O3. The van der Waals surface area contributed by atoms with Crippen LogP contribution in [-0.4, -0.2) is 18.1 Å². The van der Waals surface area contributed by atoms with Crippen LogP contribution in [0.5, 0.6) is 0 Å². The van der Waals surface area contributed by atoms with Gasteiger partial charge in [0.2, 0.25) is 0 Å². The molecule has 1 aliphatic carbocycles. The van der Waals surface area contributed by atoms with Crippen molar-refractivity contribution in [2.24, 2.45) is 0 Å². The lowest BCUT2D eigenvalue weighted by Crippen LogP contribution is -2.24. The van der Waals surface area contributed by atoms with Crippen molar-refractivity contribution in [2.75, 3.05) is 10.6 Å². The van der Waals surface area contributed by atoms with Gasteiger partial charge in [-0.05, 0) is 65.4 Å². The normalized spacial score (nSPS) is 15.2. The molecule has 34 heavy (non-hydrogen) atoms. The second kappa shape index (κ2) is 9.59. The summed E-state index contributed by atoms with van der Waals surface area (Å²) in [7, 11) is 0. The van der Waals surface area contributed by atoms with Crippen molar-refractivity contribution in [1.82, 2.24) is 0 Å². The van der Waals surface area contributed by atoms with Gasteiger partial charge in [-0.15, -0.1) is 0 Å². The highest BCUT2D eigenvalue weighted by atomic mass is 19.4. The molecule has 8 heteroatoms. The molecule has 1 unspecified atom stereocenters. The Balaban J connectivity index is 1.39. The van der Waals surface area contributed by atoms with Crippen LogP contribution in [0, 0.1) is 0 Å². The second-order valence-electron chi connectivity index (χ2n) is 8.19. The van der Waals surface area contributed by atoms with Crippen molar-refractivity contribution in [3.8, 4) is 11.1 Å². The van der Waals surface area contributed by atoms with Crippen LogP contribution >= 0.6 is 0 Å². The minimum atomic E-state index is -4.48. The lowest BCUT2D eigenvalue weighted by atomic mass is 9.87. The molecule has 3 aromatic rings. The average molecular weight is 468 g/mol. The van der Waals surface area contributed by atoms with E-state index in [0.29, 0.717) is 12.1 Å². The molecule has 0 spiro atoms. The topological polar surface area (TPSA) is 67.4 Å². The summed E-state index contributed by atoms with van der Waals surface area (Å²) in [5.41, 5.74) is 4.12. The molecule has 2 N–H and O–H groups in total. The smallest absolute Gasteiger partial charge is 0.416 e. The average Bonchev–Trinajstić information content (AvgIpc) is 2.78. The van der Waals surface area contributed by atoms with Gasteiger partial charge in [0.25, 0.3) is 0 Å². The van der Waals surface area contributed by atoms with Crippen molar-refractivity contribution in [3.05, 3.63) is 83.4 Å². The van der Waals surface area contributed by atoms with Crippen molar-refractivity contribution in [1.29, 1.82) is 0 Å². The number of aryl methyl sites for hydroxylation is 1. The van der Waals surface area contributed by atoms with Gasteiger partial charge in [0.05, 0.1) is 5.56 Å². The lowest BCUT2D eigenvalue weighted by Gasteiger charge is -2.24. The Labute approximate surface area is 194 Å². The largest absolute Gasteiger partial charge is 0.462 e. The SMILES string of the molecule is CC(=O)OC1CCc2cc(-c3ccc(NC(=O)Nc4cccc(C(F)(F)F)c4)cc3)ccc2C1. The fourth-order valence-electron chi connectivity index (χ4n) is 4.05. The van der Waals surface area contributed by atoms with Gasteiger partial charge in [-0.25, -0.2) is 4.79 Å². The van der Waals surface area contributed by atoms with Crippen molar-refractivity contribution in [2.45, 2.75) is 38.5 Å². The number of ether oxygens (including phenoxy) is 1. The van der Waals surface area contributed by atoms with E-state index in [4.69, 9.17) is 4.74 Å². The highest BCUT2D eigenvalue weighted by Crippen LogP contribution is 2.31. The quantitative estimate of drug-likeness (QED) is 0.433. The van der Waals surface area contributed by atoms with E-state index in [1.54, 1.807) is 12.1 Å². The summed E-state index contributed by atoms with van der Waals surface area (Å²) < 4.78 is 43.9. The number of fused-ring (bicyclic) bond motifs is 1. The Bertz CT molecular complexity index is 1210. The molecule has 0 radical (unpaired) electrons. The van der Waals surface area contributed by atoms with Crippen molar-refractivity contribution < 1.29 is 27.5 Å². The number of anilines is 2. The fraction of sp³-hybridized carbons (Fsp3) is 0.231. The number of benzene rings is 3. The summed E-state index contributed by atoms with van der Waals surface area (Å²) in [4.78, 5) is 23.4. The third-order valence-electron chi connectivity index (χ3n) is 5.65. The van der Waals surface area contributed by atoms with Gasteiger partial charge in [-0.3, -0.25) is 4.79 Å². The van der Waals surface area contributed by atoms with Crippen LogP contribution < -0.4 is 10.6 Å². The summed E-state index contributed by atoms with van der Waals surface area (Å²) in [5.74, 6) is -0.262. The number of rotatable bonds is 4. The molecular weight excluding hydrogens is 445 g/mol. The van der Waals surface area contributed by atoms with Crippen LogP contribution in [0.4, 0.5) is 29.3 Å². The number of hydrogen-bond donors (Lipinski definition) is 2. The van der Waals surface area contributed by atoms with E-state index in [1.165, 1.54) is 30.2 Å². The molecule has 5 nitrogen and oxygen atoms in total. The first-order valence-electron chi connectivity index (χ1n) is 10.8. The van der Waals surface area contributed by atoms with E-state index in [-0.39, 0.29) is 17.8 Å². The van der Waals surface area contributed by atoms with E-state index in [9.17, 15) is 22.8 Å². The number of esters is 1. The van der Waals surface area contributed by atoms with Crippen LogP contribution in [0.2, 0.25) is 0 Å². The monoisotopic (exact) mass is 468 g/mol. The third-order valence-corrected chi connectivity index (χ3v) is 5.65. The number of hydrogen-bond acceptors (Lipinski definition) is 3. The number of nitrogens with one attached hydrogen (secondary N) is 2. The fourth-order valence-corrected chi connectivity index (χ4v) is 4.05. The number of amides is 2. The van der Waals surface area contributed by atoms with Crippen LogP contribution in [0.1, 0.15) is 30.0 Å². The first kappa shape index (κ1) is 23.4. The summed E-state index contributed by atoms with van der Waals surface area (Å²) in [6, 6.07) is 17.2. The highest BCUT2D eigenvalue weighted by Gasteiger charge is 2.30. The predicted molar refractivity (Wildman–Crippen MR) is 124 cm³/mol. The molecule has 0 saturated carbocycles. The maximum Gasteiger partial charge on any atom is 0.416 e. The molecule has 0 fully saturated rings. The summed E-state index contributed by atoms with van der Waals surface area (Å²) in [6.45, 7) is 1.42. The van der Waals surface area contributed by atoms with Crippen molar-refractivity contribution in [3.63, 3.8) is 0 Å². The number of halogens is 3. The number of carbonyl (C=O) groups is 2. The minimum absolute atomic E-state index is 0.0500. The zero-order valence-electron chi connectivity index (χ0n) is 18.4. The molecule has 0 saturated heterocycles. The molecule has 2 amide bonds. The Morgan fingerprint density at radius 1 is 0.882 bits per heavy atom. The zero-order valence-corrected chi connectivity index (χ0v) is 18.4. The summed E-state index contributed by atoms with van der Waals surface area (Å²) in [5, 5.41) is 5.04. The molecule has 0 heterocycles. The molecule has 1 atom stereocenters. The van der Waals surface area contributed by atoms with Gasteiger partial charge in [0.15, 0.2) is 0 Å². The van der Waals surface area contributed by atoms with Gasteiger partial charge in [-0.2, -0.15) is 13.2 Å². The van der Waals surface area contributed by atoms with Crippen LogP contribution in [0.25, 0.3) is 11.1 Å². The van der Waals surface area contributed by atoms with Gasteiger partial charge >= 0.3 is 18.2 Å². The van der Waals surface area contributed by atoms with Gasteiger partial charge < -0.3 is 15.4 Å². The zero-order chi connectivity index (χ0) is 24.3. The lowest BCUT2D eigenvalue weighted by molar-refractivity contribution is -0.146. The molecule has 0 bridgehead atoms. The molecule has 0 aromatic heterocycles. The first-order valence-corrected chi connectivity index (χ1v) is 10.8. The van der Waals surface area contributed by atoms with Gasteiger partial charge in [0.1, 0.15) is 6.10 Å². The van der Waals surface area contributed by atoms with E-state index >= 15 is 0 Å². The molecule has 3 aromatic carbocycles. The van der Waals surface area contributed by atoms with Crippen LogP contribution in [0.3, 0.4) is 0 Å². The van der Waals surface area contributed by atoms with Crippen molar-refractivity contribution >= 4 is 23.4 Å². The highest BCUT2D eigenvalue weighted by molar-refractivity contribution is 5.99. The first-order chi connectivity index (χ1) is 16.2. The summed E-state index contributed by atoms with van der Waals surface area (Å²) >= 11 is 0. The standard InChI is InChI=1S/C26H23F3N2O3/c1-16(32)34-24-12-9-19-13-18(5-6-20(19)14-24)17-7-10-22(11-8-17)30-25(33)31-23-4-2-3-21(15-23)26(27,28)29/h2-8,10-11,13,15,24H,9,12,14H2,1H3,(H2,30,31,33). The third kappa shape index (κ3) is 5.75. The maximum absolute atomic E-state index is 12.8. The minimum Gasteiger partial charge on any atom is -0.462 e.